The molecule has 0 aromatic carbocycles. The molecule has 15 nitrogen and oxygen atoms in total. The summed E-state index contributed by atoms with van der Waals surface area (Å²) in [5.41, 5.74) is 11.7. The number of pyridine rings is 1. The lowest BCUT2D eigenvalue weighted by atomic mass is 9.91. The smallest absolute Gasteiger partial charge is 0.240 e. The zero-order valence-electron chi connectivity index (χ0n) is 33.9. The number of aldehydes is 1. The Balaban J connectivity index is 0.000000507. The van der Waals surface area contributed by atoms with Crippen LogP contribution in [-0.2, 0) is 45.0 Å². The van der Waals surface area contributed by atoms with E-state index in [1.165, 1.54) is 0 Å². The van der Waals surface area contributed by atoms with Crippen LogP contribution >= 0.6 is 23.5 Å². The number of carbonyl (C=O) groups is 6. The molecule has 0 aliphatic carbocycles. The Hall–Kier alpha value is -3.25. The van der Waals surface area contributed by atoms with Gasteiger partial charge in [0.2, 0.25) is 29.5 Å². The number of likely N-dealkylation sites (N-methyl/N-ethyl adjacent to an activating group) is 1. The van der Waals surface area contributed by atoms with E-state index in [4.69, 9.17) is 21.2 Å². The normalized spacial score (nSPS) is 17.4. The van der Waals surface area contributed by atoms with Crippen molar-refractivity contribution in [2.45, 2.75) is 114 Å². The van der Waals surface area contributed by atoms with E-state index in [1.54, 1.807) is 30.6 Å². The fourth-order valence-electron chi connectivity index (χ4n) is 6.29. The maximum absolute atomic E-state index is 12.3. The molecule has 5 amide bonds. The monoisotopic (exact) mass is 822 g/mol. The number of piperidine rings is 1. The Labute approximate surface area is 341 Å². The van der Waals surface area contributed by atoms with E-state index in [9.17, 15) is 28.8 Å². The molecule has 56 heavy (non-hydrogen) atoms. The number of nitrogens with one attached hydrogen (secondary N) is 4. The van der Waals surface area contributed by atoms with Crippen molar-refractivity contribution in [1.82, 2.24) is 31.2 Å². The van der Waals surface area contributed by atoms with Crippen LogP contribution in [0.25, 0.3) is 0 Å². The number of carbonyl (C=O) groups excluding carboxylic acids is 6. The van der Waals surface area contributed by atoms with Crippen molar-refractivity contribution in [3.05, 3.63) is 29.6 Å². The lowest BCUT2D eigenvalue weighted by molar-refractivity contribution is -0.129. The molecule has 0 radical (unpaired) electrons. The Morgan fingerprint density at radius 3 is 2.07 bits per heavy atom. The maximum Gasteiger partial charge on any atom is 0.240 e. The van der Waals surface area contributed by atoms with E-state index in [-0.39, 0.29) is 48.2 Å². The second-order valence-corrected chi connectivity index (χ2v) is 17.2. The molecule has 2 aliphatic heterocycles. The predicted octanol–water partition coefficient (Wildman–Crippen LogP) is 1.90. The molecule has 0 spiro atoms. The molecule has 3 heterocycles. The second kappa shape index (κ2) is 26.6. The summed E-state index contributed by atoms with van der Waals surface area (Å²) in [6.45, 7) is 10.8. The van der Waals surface area contributed by atoms with Crippen LogP contribution in [0.3, 0.4) is 0 Å². The van der Waals surface area contributed by atoms with Crippen molar-refractivity contribution < 1.29 is 33.5 Å². The first-order chi connectivity index (χ1) is 26.7. The summed E-state index contributed by atoms with van der Waals surface area (Å²) in [6, 6.07) is 5.24. The summed E-state index contributed by atoms with van der Waals surface area (Å²) >= 11 is 3.32. The van der Waals surface area contributed by atoms with E-state index in [0.717, 1.165) is 68.0 Å². The number of primary amides is 2. The lowest BCUT2D eigenvalue weighted by Crippen LogP contribution is -2.53. The van der Waals surface area contributed by atoms with Gasteiger partial charge in [-0.3, -0.25) is 33.9 Å². The van der Waals surface area contributed by atoms with Crippen molar-refractivity contribution in [2.24, 2.45) is 23.3 Å². The van der Waals surface area contributed by atoms with Crippen molar-refractivity contribution in [3.8, 4) is 0 Å². The molecule has 1 aromatic rings. The van der Waals surface area contributed by atoms with Crippen LogP contribution in [0.2, 0.25) is 0 Å². The van der Waals surface area contributed by atoms with Gasteiger partial charge in [-0.1, -0.05) is 40.2 Å². The van der Waals surface area contributed by atoms with Crippen LogP contribution in [0.15, 0.2) is 18.2 Å². The zero-order chi connectivity index (χ0) is 41.5. The minimum absolute atomic E-state index is 0.0445. The Kier molecular flexibility index (Phi) is 23.3. The van der Waals surface area contributed by atoms with Gasteiger partial charge in [-0.15, -0.1) is 0 Å². The molecule has 2 fully saturated rings. The van der Waals surface area contributed by atoms with Gasteiger partial charge >= 0.3 is 0 Å². The third-order valence-corrected chi connectivity index (χ3v) is 11.8. The first-order valence-electron chi connectivity index (χ1n) is 19.7. The highest BCUT2D eigenvalue weighted by Crippen LogP contribution is 2.20. The average Bonchev–Trinajstić information content (AvgIpc) is 3.17. The Morgan fingerprint density at radius 1 is 0.982 bits per heavy atom. The van der Waals surface area contributed by atoms with Crippen molar-refractivity contribution in [1.29, 1.82) is 0 Å². The van der Waals surface area contributed by atoms with Crippen LogP contribution in [0, 0.1) is 11.8 Å². The number of ether oxygens (including phenoxy) is 1. The van der Waals surface area contributed by atoms with Crippen LogP contribution in [0.4, 0.5) is 0 Å². The lowest BCUT2D eigenvalue weighted by Gasteiger charge is -2.32. The summed E-state index contributed by atoms with van der Waals surface area (Å²) in [7, 11) is 1.75. The summed E-state index contributed by atoms with van der Waals surface area (Å²) in [5.74, 6) is 2.26. The first kappa shape index (κ1) is 48.9. The number of hydrogen-bond acceptors (Lipinski definition) is 12. The molecule has 0 saturated carbocycles. The first-order valence-corrected chi connectivity index (χ1v) is 22.0. The van der Waals surface area contributed by atoms with Crippen LogP contribution < -0.4 is 32.7 Å². The van der Waals surface area contributed by atoms with Gasteiger partial charge in [-0.2, -0.15) is 23.5 Å². The minimum Gasteiger partial charge on any atom is -0.381 e. The molecule has 17 heteroatoms. The molecule has 3 atom stereocenters. The van der Waals surface area contributed by atoms with E-state index in [0.29, 0.717) is 56.3 Å². The Morgan fingerprint density at radius 2 is 1.57 bits per heavy atom. The molecule has 3 rings (SSSR count). The number of nitrogens with two attached hydrogens (primary N) is 2. The van der Waals surface area contributed by atoms with Gasteiger partial charge in [0.15, 0.2) is 0 Å². The van der Waals surface area contributed by atoms with Gasteiger partial charge in [-0.05, 0) is 50.3 Å². The molecule has 2 saturated heterocycles. The highest BCUT2D eigenvalue weighted by Gasteiger charge is 2.33. The number of aromatic nitrogens is 1. The predicted molar refractivity (Wildman–Crippen MR) is 222 cm³/mol. The average molecular weight is 823 g/mol. The van der Waals surface area contributed by atoms with Gasteiger partial charge in [0, 0.05) is 81.0 Å². The van der Waals surface area contributed by atoms with Gasteiger partial charge in [0.05, 0.1) is 29.5 Å². The quantitative estimate of drug-likeness (QED) is 0.0688. The third kappa shape index (κ3) is 19.3. The van der Waals surface area contributed by atoms with E-state index in [2.05, 4.69) is 35.1 Å². The van der Waals surface area contributed by atoms with E-state index >= 15 is 0 Å². The Bertz CT molecular complexity index is 1390. The van der Waals surface area contributed by atoms with Crippen molar-refractivity contribution in [3.63, 3.8) is 0 Å². The topological polar surface area (TPSA) is 228 Å². The summed E-state index contributed by atoms with van der Waals surface area (Å²) in [4.78, 5) is 77.3. The standard InChI is InChI=1S/C26H39N5O5S2.C13H27N3O2/c27-23(33)16-31-10-4-20(5-11-31)29-24(34)6-14-37-17-21-2-1-3-22(28-21)18-38-15-7-25(35)30-26(19-32)8-12-36-13-9-26;1-6-9(4)11(12(14)17)16-13(18)10(15-5)7-8(2)3/h1-3,19-20H,4-18H2,(H2,27,33)(H,29,34)(H,30,35);8-11,15H,6-7H2,1-5H3,(H2,14,17)(H,16,18)/t;9-,10-,11-/m.0/s1. The minimum atomic E-state index is -0.779. The summed E-state index contributed by atoms with van der Waals surface area (Å²) < 4.78 is 5.29. The van der Waals surface area contributed by atoms with Gasteiger partial charge in [-0.25, -0.2) is 0 Å². The number of thioether (sulfide) groups is 2. The third-order valence-electron chi connectivity index (χ3n) is 9.83. The fraction of sp³-hybridized carbons (Fsp3) is 0.718. The number of rotatable bonds is 23. The molecule has 316 valence electrons. The highest BCUT2D eigenvalue weighted by atomic mass is 32.2. The zero-order valence-corrected chi connectivity index (χ0v) is 35.6. The van der Waals surface area contributed by atoms with E-state index in [1.807, 2.05) is 36.9 Å². The van der Waals surface area contributed by atoms with Crippen LogP contribution in [0.5, 0.6) is 0 Å². The van der Waals surface area contributed by atoms with Gasteiger partial charge < -0.3 is 42.3 Å². The molecule has 8 N–H and O–H groups in total. The maximum atomic E-state index is 12.3. The van der Waals surface area contributed by atoms with E-state index < -0.39 is 17.5 Å². The SMILES string of the molecule is CC[C@H](C)[C@H](NC(=O)[C@H](CC(C)C)NC)C(N)=O.NC(=O)CN1CCC(NC(=O)CCSCc2cccc(CSCCC(=O)NC3(C=O)CCOCC3)n2)CC1. The number of likely N-dealkylation sites (tertiary alicyclic amines) is 1. The van der Waals surface area contributed by atoms with Gasteiger partial charge in [0.1, 0.15) is 12.3 Å². The molecule has 0 unspecified atom stereocenters. The largest absolute Gasteiger partial charge is 0.381 e. The molecule has 1 aromatic heterocycles. The van der Waals surface area contributed by atoms with Crippen LogP contribution in [0.1, 0.15) is 90.4 Å². The number of hydrogen-bond donors (Lipinski definition) is 6. The fourth-order valence-corrected chi connectivity index (χ4v) is 7.98. The molecular weight excluding hydrogens is 757 g/mol. The van der Waals surface area contributed by atoms with Crippen molar-refractivity contribution >= 4 is 59.3 Å². The molecular formula is C39H66N8O7S2. The summed E-state index contributed by atoms with van der Waals surface area (Å²) in [5, 5.41) is 11.7. The second-order valence-electron chi connectivity index (χ2n) is 15.0. The van der Waals surface area contributed by atoms with Crippen LogP contribution in [-0.4, -0.2) is 121 Å². The van der Waals surface area contributed by atoms with Gasteiger partial charge in [0.25, 0.3) is 0 Å². The number of amides is 5. The molecule has 2 aliphatic rings. The molecule has 0 bridgehead atoms. The number of nitrogens with zero attached hydrogens (tertiary/aromatic N) is 2. The van der Waals surface area contributed by atoms with Crippen molar-refractivity contribution in [2.75, 3.05) is 51.4 Å². The highest BCUT2D eigenvalue weighted by molar-refractivity contribution is 7.98. The summed E-state index contributed by atoms with van der Waals surface area (Å²) in [6.07, 6.45) is 5.90.